The highest BCUT2D eigenvalue weighted by atomic mass is 32.2. The van der Waals surface area contributed by atoms with Crippen molar-refractivity contribution >= 4 is 16.0 Å². The van der Waals surface area contributed by atoms with Gasteiger partial charge in [-0.3, -0.25) is 0 Å². The largest absolute Gasteiger partial charge is 0.348 e. The Bertz CT molecular complexity index is 865. The van der Waals surface area contributed by atoms with Gasteiger partial charge in [0.05, 0.1) is 23.8 Å². The van der Waals surface area contributed by atoms with Crippen LogP contribution in [0.25, 0.3) is 0 Å². The molecule has 0 atom stereocenters. The lowest BCUT2D eigenvalue weighted by Crippen LogP contribution is -2.58. The first-order chi connectivity index (χ1) is 11.9. The van der Waals surface area contributed by atoms with Crippen LogP contribution in [0, 0.1) is 0 Å². The van der Waals surface area contributed by atoms with Crippen LogP contribution >= 0.6 is 0 Å². The zero-order chi connectivity index (χ0) is 17.7. The molecule has 1 spiro atoms. The van der Waals surface area contributed by atoms with Crippen LogP contribution in [-0.2, 0) is 28.4 Å². The molecule has 4 heterocycles. The summed E-state index contributed by atoms with van der Waals surface area (Å²) in [4.78, 5) is 14.1. The first-order valence-electron chi connectivity index (χ1n) is 8.52. The molecule has 0 amide bonds. The number of fused-ring (bicyclic) bond motifs is 2. The molecule has 0 unspecified atom stereocenters. The van der Waals surface area contributed by atoms with Crippen molar-refractivity contribution < 1.29 is 12.9 Å². The van der Waals surface area contributed by atoms with Crippen LogP contribution in [0.2, 0.25) is 0 Å². The normalized spacial score (nSPS) is 20.8. The maximum absolute atomic E-state index is 12.4. The van der Waals surface area contributed by atoms with Gasteiger partial charge < -0.3 is 14.4 Å². The second kappa shape index (κ2) is 5.80. The molecule has 4 rings (SSSR count). The molecule has 136 valence electrons. The molecule has 0 aromatic carbocycles. The van der Waals surface area contributed by atoms with E-state index in [0.717, 1.165) is 11.4 Å². The van der Waals surface area contributed by atoms with E-state index in [2.05, 4.69) is 25.0 Å². The minimum Gasteiger partial charge on any atom is -0.348 e. The third-order valence-electron chi connectivity index (χ3n) is 5.23. The number of sulfonamides is 1. The van der Waals surface area contributed by atoms with E-state index < -0.39 is 15.6 Å². The summed E-state index contributed by atoms with van der Waals surface area (Å²) in [6, 6.07) is 0. The number of anilines is 1. The Morgan fingerprint density at radius 3 is 2.72 bits per heavy atom. The highest BCUT2D eigenvalue weighted by Gasteiger charge is 2.50. The predicted octanol–water partition coefficient (Wildman–Crippen LogP) is 0.668. The average molecular weight is 366 g/mol. The Morgan fingerprint density at radius 1 is 1.32 bits per heavy atom. The van der Waals surface area contributed by atoms with Crippen LogP contribution < -0.4 is 4.90 Å². The summed E-state index contributed by atoms with van der Waals surface area (Å²) < 4.78 is 31.7. The summed E-state index contributed by atoms with van der Waals surface area (Å²) in [5.74, 6) is 1.19. The molecule has 2 aliphatic heterocycles. The van der Waals surface area contributed by atoms with Gasteiger partial charge in [-0.1, -0.05) is 6.92 Å². The fraction of sp³-hybridized carbons (Fsp3) is 0.667. The van der Waals surface area contributed by atoms with E-state index in [4.69, 9.17) is 4.52 Å². The van der Waals surface area contributed by atoms with Gasteiger partial charge in [-0.25, -0.2) is 13.4 Å². The predicted molar refractivity (Wildman–Crippen MR) is 90.6 cm³/mol. The SMILES string of the molecule is CCc1nc(N2CCC3(CC2)c2nc[nH]c2CCN3S(C)(=O)=O)no1. The monoisotopic (exact) mass is 366 g/mol. The van der Waals surface area contributed by atoms with Crippen molar-refractivity contribution in [3.05, 3.63) is 23.6 Å². The van der Waals surface area contributed by atoms with Crippen molar-refractivity contribution in [2.75, 3.05) is 30.8 Å². The topological polar surface area (TPSA) is 108 Å². The molecule has 10 heteroatoms. The highest BCUT2D eigenvalue weighted by Crippen LogP contribution is 2.43. The molecular formula is C15H22N6O3S. The summed E-state index contributed by atoms with van der Waals surface area (Å²) in [5.41, 5.74) is 1.32. The third-order valence-corrected chi connectivity index (χ3v) is 6.57. The number of hydrogen-bond acceptors (Lipinski definition) is 7. The first kappa shape index (κ1) is 16.5. The number of aromatic nitrogens is 4. The Hall–Kier alpha value is -1.94. The van der Waals surface area contributed by atoms with Crippen LogP contribution in [0.15, 0.2) is 10.9 Å². The maximum Gasteiger partial charge on any atom is 0.266 e. The van der Waals surface area contributed by atoms with Crippen molar-refractivity contribution in [1.29, 1.82) is 0 Å². The van der Waals surface area contributed by atoms with Crippen LogP contribution in [-0.4, -0.2) is 58.7 Å². The standard InChI is InChI=1S/C15H22N6O3S/c1-3-12-18-14(19-24-12)20-8-5-15(6-9-20)13-11(16-10-17-13)4-7-21(15)25(2,22)23/h10H,3-9H2,1-2H3,(H,16,17). The maximum atomic E-state index is 12.4. The zero-order valence-electron chi connectivity index (χ0n) is 14.4. The molecule has 2 aliphatic rings. The van der Waals surface area contributed by atoms with Crippen LogP contribution in [0.1, 0.15) is 37.0 Å². The number of aromatic amines is 1. The zero-order valence-corrected chi connectivity index (χ0v) is 15.2. The number of piperidine rings is 1. The second-order valence-electron chi connectivity index (χ2n) is 6.68. The summed E-state index contributed by atoms with van der Waals surface area (Å²) in [7, 11) is -3.33. The van der Waals surface area contributed by atoms with Gasteiger partial charge in [0.25, 0.3) is 5.95 Å². The number of aryl methyl sites for hydroxylation is 1. The molecule has 0 saturated carbocycles. The van der Waals surface area contributed by atoms with E-state index >= 15 is 0 Å². The first-order valence-corrected chi connectivity index (χ1v) is 10.4. The van der Waals surface area contributed by atoms with Crippen molar-refractivity contribution in [3.8, 4) is 0 Å². The average Bonchev–Trinajstić information content (AvgIpc) is 3.24. The van der Waals surface area contributed by atoms with Crippen molar-refractivity contribution in [1.82, 2.24) is 24.4 Å². The van der Waals surface area contributed by atoms with Gasteiger partial charge in [-0.2, -0.15) is 9.29 Å². The number of nitrogens with zero attached hydrogens (tertiary/aromatic N) is 5. The molecule has 0 bridgehead atoms. The van der Waals surface area contributed by atoms with Gasteiger partial charge in [-0.05, 0) is 18.0 Å². The Balaban J connectivity index is 1.65. The molecular weight excluding hydrogens is 344 g/mol. The number of H-pyrrole nitrogens is 1. The number of imidazole rings is 1. The Morgan fingerprint density at radius 2 is 2.08 bits per heavy atom. The minimum absolute atomic E-state index is 0.482. The Labute approximate surface area is 146 Å². The highest BCUT2D eigenvalue weighted by molar-refractivity contribution is 7.88. The number of nitrogens with one attached hydrogen (secondary N) is 1. The summed E-state index contributed by atoms with van der Waals surface area (Å²) in [5, 5.41) is 4.03. The molecule has 0 aliphatic carbocycles. The van der Waals surface area contributed by atoms with Crippen LogP contribution in [0.4, 0.5) is 5.95 Å². The number of rotatable bonds is 3. The number of hydrogen-bond donors (Lipinski definition) is 1. The van der Waals surface area contributed by atoms with Gasteiger partial charge in [0.15, 0.2) is 0 Å². The Kier molecular flexibility index (Phi) is 3.84. The van der Waals surface area contributed by atoms with Crippen molar-refractivity contribution in [2.45, 2.75) is 38.1 Å². The molecule has 1 fully saturated rings. The van der Waals surface area contributed by atoms with Gasteiger partial charge in [0, 0.05) is 38.2 Å². The summed E-state index contributed by atoms with van der Waals surface area (Å²) >= 11 is 0. The fourth-order valence-electron chi connectivity index (χ4n) is 4.02. The lowest BCUT2D eigenvalue weighted by Gasteiger charge is -2.48. The van der Waals surface area contributed by atoms with E-state index in [9.17, 15) is 8.42 Å². The molecule has 1 N–H and O–H groups in total. The van der Waals surface area contributed by atoms with E-state index in [-0.39, 0.29) is 0 Å². The van der Waals surface area contributed by atoms with E-state index in [0.29, 0.717) is 57.2 Å². The summed E-state index contributed by atoms with van der Waals surface area (Å²) in [6.07, 6.45) is 5.60. The molecule has 25 heavy (non-hydrogen) atoms. The van der Waals surface area contributed by atoms with Gasteiger partial charge in [-0.15, -0.1) is 0 Å². The summed E-state index contributed by atoms with van der Waals surface area (Å²) in [6.45, 7) is 3.76. The quantitative estimate of drug-likeness (QED) is 0.850. The van der Waals surface area contributed by atoms with Crippen molar-refractivity contribution in [2.24, 2.45) is 0 Å². The van der Waals surface area contributed by atoms with Crippen LogP contribution in [0.5, 0.6) is 0 Å². The second-order valence-corrected chi connectivity index (χ2v) is 8.58. The van der Waals surface area contributed by atoms with E-state index in [1.807, 2.05) is 6.92 Å². The smallest absolute Gasteiger partial charge is 0.266 e. The van der Waals surface area contributed by atoms with Gasteiger partial charge in [0.2, 0.25) is 15.9 Å². The lowest BCUT2D eigenvalue weighted by molar-refractivity contribution is 0.128. The van der Waals surface area contributed by atoms with Crippen LogP contribution in [0.3, 0.4) is 0 Å². The molecule has 2 aromatic rings. The molecule has 2 aromatic heterocycles. The molecule has 1 saturated heterocycles. The molecule has 0 radical (unpaired) electrons. The van der Waals surface area contributed by atoms with Gasteiger partial charge >= 0.3 is 0 Å². The van der Waals surface area contributed by atoms with Gasteiger partial charge in [0.1, 0.15) is 0 Å². The third kappa shape index (κ3) is 2.63. The van der Waals surface area contributed by atoms with E-state index in [1.54, 1.807) is 10.6 Å². The van der Waals surface area contributed by atoms with Crippen molar-refractivity contribution in [3.63, 3.8) is 0 Å². The molecule has 9 nitrogen and oxygen atoms in total. The lowest BCUT2D eigenvalue weighted by atomic mass is 9.80. The fourth-order valence-corrected chi connectivity index (χ4v) is 5.35. The minimum atomic E-state index is -3.33. The van der Waals surface area contributed by atoms with E-state index in [1.165, 1.54) is 6.26 Å².